The monoisotopic (exact) mass is 354 g/mol. The van der Waals surface area contributed by atoms with Crippen molar-refractivity contribution in [3.8, 4) is 11.7 Å². The topological polar surface area (TPSA) is 60.2 Å². The molecule has 6 heteroatoms. The number of nitrogens with zero attached hydrogens (tertiary/aromatic N) is 4. The summed E-state index contributed by atoms with van der Waals surface area (Å²) >= 11 is 0. The predicted octanol–water partition coefficient (Wildman–Crippen LogP) is 4.19. The second-order valence-electron chi connectivity index (χ2n) is 7.11. The maximum atomic E-state index is 5.86. The number of aryl methyl sites for hydroxylation is 3. The van der Waals surface area contributed by atoms with Crippen LogP contribution in [0.4, 0.5) is 0 Å². The van der Waals surface area contributed by atoms with Gasteiger partial charge in [0.25, 0.3) is 5.89 Å². The fourth-order valence-corrected chi connectivity index (χ4v) is 3.73. The summed E-state index contributed by atoms with van der Waals surface area (Å²) in [6, 6.07) is 6.40. The van der Waals surface area contributed by atoms with Gasteiger partial charge in [-0.05, 0) is 57.9 Å². The second-order valence-corrected chi connectivity index (χ2v) is 7.11. The molecule has 1 aliphatic heterocycles. The van der Waals surface area contributed by atoms with Crippen LogP contribution in [-0.2, 0) is 13.1 Å². The number of aromatic nitrogens is 3. The van der Waals surface area contributed by atoms with E-state index < -0.39 is 0 Å². The third-order valence-corrected chi connectivity index (χ3v) is 5.20. The van der Waals surface area contributed by atoms with Gasteiger partial charge in [-0.15, -0.1) is 0 Å². The first kappa shape index (κ1) is 17.1. The second kappa shape index (κ2) is 7.50. The zero-order valence-corrected chi connectivity index (χ0v) is 15.5. The van der Waals surface area contributed by atoms with E-state index in [4.69, 9.17) is 13.8 Å². The van der Waals surface area contributed by atoms with Gasteiger partial charge in [0.1, 0.15) is 11.5 Å². The van der Waals surface area contributed by atoms with E-state index in [1.807, 2.05) is 49.1 Å². The molecule has 1 fully saturated rings. The molecule has 4 heterocycles. The molecule has 0 aliphatic carbocycles. The average Bonchev–Trinajstić information content (AvgIpc) is 3.37. The Labute approximate surface area is 153 Å². The minimum Gasteiger partial charge on any atom is -0.456 e. The molecule has 3 aromatic rings. The minimum atomic E-state index is 0.568. The fourth-order valence-electron chi connectivity index (χ4n) is 3.73. The van der Waals surface area contributed by atoms with E-state index >= 15 is 0 Å². The van der Waals surface area contributed by atoms with E-state index in [-0.39, 0.29) is 0 Å². The van der Waals surface area contributed by atoms with E-state index in [0.29, 0.717) is 17.7 Å². The van der Waals surface area contributed by atoms with Crippen LogP contribution in [0.25, 0.3) is 11.7 Å². The summed E-state index contributed by atoms with van der Waals surface area (Å²) in [6.45, 7) is 6.83. The molecule has 0 aromatic carbocycles. The molecule has 3 aromatic heterocycles. The molecule has 1 saturated heterocycles. The van der Waals surface area contributed by atoms with Crippen LogP contribution >= 0.6 is 0 Å². The zero-order chi connectivity index (χ0) is 17.9. The molecule has 0 spiro atoms. The quantitative estimate of drug-likeness (QED) is 0.664. The third kappa shape index (κ3) is 3.75. The molecular formula is C20H26N4O2. The normalized spacial score (nSPS) is 18.5. The number of rotatable bonds is 6. The highest BCUT2D eigenvalue weighted by molar-refractivity contribution is 5.45. The van der Waals surface area contributed by atoms with Crippen LogP contribution in [0, 0.1) is 13.8 Å². The summed E-state index contributed by atoms with van der Waals surface area (Å²) in [5.74, 6) is 3.03. The van der Waals surface area contributed by atoms with Crippen LogP contribution in [0.2, 0.25) is 0 Å². The maximum absolute atomic E-state index is 5.86. The van der Waals surface area contributed by atoms with E-state index in [1.54, 1.807) is 0 Å². The van der Waals surface area contributed by atoms with Crippen molar-refractivity contribution in [2.24, 2.45) is 0 Å². The van der Waals surface area contributed by atoms with Crippen LogP contribution in [0.15, 0.2) is 39.4 Å². The van der Waals surface area contributed by atoms with Crippen LogP contribution in [0.3, 0.4) is 0 Å². The van der Waals surface area contributed by atoms with Crippen molar-refractivity contribution in [3.63, 3.8) is 0 Å². The Morgan fingerprint density at radius 1 is 1.19 bits per heavy atom. The maximum Gasteiger partial charge on any atom is 0.263 e. The highest BCUT2D eigenvalue weighted by Gasteiger charge is 2.25. The lowest BCUT2D eigenvalue weighted by Crippen LogP contribution is -2.39. The molecule has 4 rings (SSSR count). The van der Waals surface area contributed by atoms with Gasteiger partial charge in [0, 0.05) is 31.5 Å². The van der Waals surface area contributed by atoms with Gasteiger partial charge in [-0.25, -0.2) is 4.98 Å². The summed E-state index contributed by atoms with van der Waals surface area (Å²) < 4.78 is 13.5. The average molecular weight is 354 g/mol. The van der Waals surface area contributed by atoms with Crippen molar-refractivity contribution in [1.29, 1.82) is 0 Å². The first-order valence-electron chi connectivity index (χ1n) is 9.43. The predicted molar refractivity (Wildman–Crippen MR) is 98.6 cm³/mol. The summed E-state index contributed by atoms with van der Waals surface area (Å²) in [4.78, 5) is 7.26. The third-order valence-electron chi connectivity index (χ3n) is 5.20. The molecule has 0 radical (unpaired) electrons. The highest BCUT2D eigenvalue weighted by Crippen LogP contribution is 2.27. The number of likely N-dealkylation sites (tertiary alicyclic amines) is 1. The molecular weight excluding hydrogens is 328 g/mol. The van der Waals surface area contributed by atoms with Crippen molar-refractivity contribution in [2.45, 2.75) is 58.7 Å². The Kier molecular flexibility index (Phi) is 4.93. The molecule has 0 amide bonds. The smallest absolute Gasteiger partial charge is 0.263 e. The van der Waals surface area contributed by atoms with Gasteiger partial charge < -0.3 is 8.83 Å². The lowest BCUT2D eigenvalue weighted by molar-refractivity contribution is 0.125. The molecule has 0 saturated carbocycles. The fraction of sp³-hybridized carbons (Fsp3) is 0.500. The first-order chi connectivity index (χ1) is 12.7. The van der Waals surface area contributed by atoms with E-state index in [0.717, 1.165) is 43.3 Å². The summed E-state index contributed by atoms with van der Waals surface area (Å²) in [6.07, 6.45) is 8.78. The van der Waals surface area contributed by atoms with E-state index in [2.05, 4.69) is 10.00 Å². The van der Waals surface area contributed by atoms with Gasteiger partial charge in [-0.2, -0.15) is 5.10 Å². The van der Waals surface area contributed by atoms with Gasteiger partial charge in [0.2, 0.25) is 0 Å². The summed E-state index contributed by atoms with van der Waals surface area (Å²) in [7, 11) is 0. The van der Waals surface area contributed by atoms with Gasteiger partial charge in [0.05, 0.1) is 5.69 Å². The SMILES string of the molecule is Cc1ccc(-c2nc(CN3CCCC[C@H]3CCn3cccn3)c(C)o2)o1. The van der Waals surface area contributed by atoms with E-state index in [9.17, 15) is 0 Å². The number of hydrogen-bond acceptors (Lipinski definition) is 5. The number of furan rings is 1. The van der Waals surface area contributed by atoms with Crippen LogP contribution in [0.5, 0.6) is 0 Å². The van der Waals surface area contributed by atoms with Crippen molar-refractivity contribution in [2.75, 3.05) is 6.54 Å². The van der Waals surface area contributed by atoms with Crippen molar-refractivity contribution in [1.82, 2.24) is 19.7 Å². The Hall–Kier alpha value is -2.34. The number of oxazole rings is 1. The highest BCUT2D eigenvalue weighted by atomic mass is 16.4. The summed E-state index contributed by atoms with van der Waals surface area (Å²) in [5, 5.41) is 4.32. The number of hydrogen-bond donors (Lipinski definition) is 0. The van der Waals surface area contributed by atoms with Gasteiger partial charge in [0.15, 0.2) is 5.76 Å². The molecule has 6 nitrogen and oxygen atoms in total. The molecule has 0 bridgehead atoms. The van der Waals surface area contributed by atoms with Crippen LogP contribution in [-0.4, -0.2) is 32.3 Å². The molecule has 1 atom stereocenters. The molecule has 1 aliphatic rings. The Bertz CT molecular complexity index is 834. The Morgan fingerprint density at radius 3 is 2.88 bits per heavy atom. The molecule has 26 heavy (non-hydrogen) atoms. The van der Waals surface area contributed by atoms with Crippen molar-refractivity contribution >= 4 is 0 Å². The van der Waals surface area contributed by atoms with Crippen molar-refractivity contribution in [3.05, 3.63) is 47.8 Å². The zero-order valence-electron chi connectivity index (χ0n) is 15.5. The van der Waals surface area contributed by atoms with E-state index in [1.165, 1.54) is 19.3 Å². The standard InChI is InChI=1S/C20H26N4O2/c1-15-7-8-19(25-15)20-22-18(16(2)26-20)14-23-11-4-3-6-17(23)9-13-24-12-5-10-21-24/h5,7-8,10,12,17H,3-4,6,9,11,13-14H2,1-2H3/t17-/m0/s1. The molecule has 0 N–H and O–H groups in total. The molecule has 138 valence electrons. The lowest BCUT2D eigenvalue weighted by Gasteiger charge is -2.35. The Balaban J connectivity index is 1.45. The molecule has 0 unspecified atom stereocenters. The van der Waals surface area contributed by atoms with Gasteiger partial charge >= 0.3 is 0 Å². The van der Waals surface area contributed by atoms with Crippen LogP contribution < -0.4 is 0 Å². The summed E-state index contributed by atoms with van der Waals surface area (Å²) in [5.41, 5.74) is 1.01. The number of piperidine rings is 1. The largest absolute Gasteiger partial charge is 0.456 e. The van der Waals surface area contributed by atoms with Crippen LogP contribution in [0.1, 0.15) is 42.9 Å². The Morgan fingerprint density at radius 2 is 2.12 bits per heavy atom. The minimum absolute atomic E-state index is 0.568. The lowest BCUT2D eigenvalue weighted by atomic mass is 9.99. The first-order valence-corrected chi connectivity index (χ1v) is 9.43. The van der Waals surface area contributed by atoms with Gasteiger partial charge in [-0.3, -0.25) is 9.58 Å². The van der Waals surface area contributed by atoms with Gasteiger partial charge in [-0.1, -0.05) is 6.42 Å². The van der Waals surface area contributed by atoms with Crippen molar-refractivity contribution < 1.29 is 8.83 Å².